The van der Waals surface area contributed by atoms with Crippen molar-refractivity contribution >= 4 is 41.5 Å². The predicted molar refractivity (Wildman–Crippen MR) is 59.2 cm³/mol. The number of hydrogen-bond donors (Lipinski definition) is 3. The molecule has 0 amide bonds. The van der Waals surface area contributed by atoms with Gasteiger partial charge in [0, 0.05) is 11.8 Å². The number of aliphatic hydroxyl groups excluding tert-OH is 1. The molecule has 6 nitrogen and oxygen atoms in total. The first kappa shape index (κ1) is 17.8. The number of carbonyl (C=O) groups is 2. The number of carboxylic acids is 1. The third-order valence-corrected chi connectivity index (χ3v) is 1.50. The maximum absolute atomic E-state index is 10.9. The van der Waals surface area contributed by atoms with Gasteiger partial charge in [-0.3, -0.25) is 0 Å². The van der Waals surface area contributed by atoms with E-state index in [0.29, 0.717) is 5.70 Å². The third kappa shape index (κ3) is 7.70. The minimum absolute atomic E-state index is 0. The average Bonchev–Trinajstić information content (AvgIpc) is 2.13. The Morgan fingerprint density at radius 2 is 2.06 bits per heavy atom. The van der Waals surface area contributed by atoms with E-state index >= 15 is 0 Å². The molecule has 0 radical (unpaired) electrons. The van der Waals surface area contributed by atoms with Gasteiger partial charge in [0.15, 0.2) is 0 Å². The van der Waals surface area contributed by atoms with Crippen molar-refractivity contribution in [2.24, 2.45) is 0 Å². The predicted octanol–water partition coefficient (Wildman–Crippen LogP) is -1.16. The van der Waals surface area contributed by atoms with E-state index in [1.807, 2.05) is 0 Å². The van der Waals surface area contributed by atoms with Gasteiger partial charge in [-0.25, -0.2) is 9.59 Å². The van der Waals surface area contributed by atoms with E-state index in [2.05, 4.69) is 10.1 Å². The molecule has 88 valence electrons. The number of carboxylic acid groups (broad SMARTS) is 1. The van der Waals surface area contributed by atoms with Crippen LogP contribution in [0.25, 0.3) is 0 Å². The van der Waals surface area contributed by atoms with Gasteiger partial charge < -0.3 is 20.3 Å². The summed E-state index contributed by atoms with van der Waals surface area (Å²) in [6, 6.07) is -1.12. The van der Waals surface area contributed by atoms with E-state index in [-0.39, 0.29) is 36.2 Å². The molecule has 7 heteroatoms. The maximum atomic E-state index is 10.9. The first-order valence-electron chi connectivity index (χ1n) is 4.46. The van der Waals surface area contributed by atoms with E-state index in [4.69, 9.17) is 10.2 Å². The van der Waals surface area contributed by atoms with Crippen molar-refractivity contribution in [3.8, 4) is 0 Å². The van der Waals surface area contributed by atoms with Crippen molar-refractivity contribution in [3.05, 3.63) is 11.8 Å². The quantitative estimate of drug-likeness (QED) is 0.308. The Labute approximate surface area is 116 Å². The Morgan fingerprint density at radius 1 is 1.50 bits per heavy atom. The van der Waals surface area contributed by atoms with Crippen LogP contribution in [0.5, 0.6) is 0 Å². The molecule has 0 aliphatic rings. The van der Waals surface area contributed by atoms with E-state index < -0.39 is 24.6 Å². The van der Waals surface area contributed by atoms with Crippen molar-refractivity contribution in [1.29, 1.82) is 0 Å². The zero-order valence-electron chi connectivity index (χ0n) is 8.69. The van der Waals surface area contributed by atoms with Crippen LogP contribution in [0.2, 0.25) is 0 Å². The van der Waals surface area contributed by atoms with Gasteiger partial charge in [-0.1, -0.05) is 0 Å². The summed E-state index contributed by atoms with van der Waals surface area (Å²) in [5, 5.41) is 19.8. The molecule has 0 unspecified atom stereocenters. The van der Waals surface area contributed by atoms with Crippen molar-refractivity contribution < 1.29 is 24.5 Å². The standard InChI is InChI=1S/C9H15NO5.Na.H/c1-3-15-8(12)4-6(2)10-7(5-11)9(13)14;;/h4,7,10-11H,3,5H2,1-2H3,(H,13,14);;/b6-4+;;/t7-;;/m0../s1. The van der Waals surface area contributed by atoms with Crippen LogP contribution < -0.4 is 5.32 Å². The first-order chi connectivity index (χ1) is 7.01. The van der Waals surface area contributed by atoms with Crippen LogP contribution in [0, 0.1) is 0 Å². The average molecular weight is 241 g/mol. The molecule has 0 aliphatic heterocycles. The Morgan fingerprint density at radius 3 is 2.44 bits per heavy atom. The van der Waals surface area contributed by atoms with Gasteiger partial charge in [0.2, 0.25) is 0 Å². The zero-order chi connectivity index (χ0) is 11.8. The number of allylic oxidation sites excluding steroid dienone is 1. The summed E-state index contributed by atoms with van der Waals surface area (Å²) in [6.45, 7) is 2.89. The summed E-state index contributed by atoms with van der Waals surface area (Å²) in [7, 11) is 0. The molecule has 0 saturated carbocycles. The monoisotopic (exact) mass is 241 g/mol. The SMILES string of the molecule is CCOC(=O)/C=C(\C)N[C@@H](CO)C(=O)O.[NaH]. The molecule has 0 bridgehead atoms. The van der Waals surface area contributed by atoms with Crippen LogP contribution in [0.4, 0.5) is 0 Å². The van der Waals surface area contributed by atoms with Gasteiger partial charge in [0.25, 0.3) is 0 Å². The second-order valence-electron chi connectivity index (χ2n) is 2.80. The molecular formula is C9H16NNaO5. The van der Waals surface area contributed by atoms with Crippen LogP contribution >= 0.6 is 0 Å². The van der Waals surface area contributed by atoms with Gasteiger partial charge in [0.05, 0.1) is 13.2 Å². The van der Waals surface area contributed by atoms with Crippen molar-refractivity contribution in [1.82, 2.24) is 5.32 Å². The van der Waals surface area contributed by atoms with Gasteiger partial charge in [-0.15, -0.1) is 0 Å². The number of rotatable bonds is 6. The Hall–Kier alpha value is -0.560. The Kier molecular flexibility index (Phi) is 10.8. The number of hydrogen-bond acceptors (Lipinski definition) is 5. The van der Waals surface area contributed by atoms with Crippen LogP contribution in [-0.2, 0) is 14.3 Å². The summed E-state index contributed by atoms with van der Waals surface area (Å²) in [6.07, 6.45) is 1.13. The number of esters is 1. The summed E-state index contributed by atoms with van der Waals surface area (Å²) in [5.74, 6) is -1.74. The summed E-state index contributed by atoms with van der Waals surface area (Å²) in [5.41, 5.74) is 0.329. The van der Waals surface area contributed by atoms with Crippen LogP contribution in [0.15, 0.2) is 11.8 Å². The molecule has 0 aromatic rings. The number of ether oxygens (including phenoxy) is 1. The van der Waals surface area contributed by atoms with Gasteiger partial charge in [-0.2, -0.15) is 0 Å². The van der Waals surface area contributed by atoms with Crippen molar-refractivity contribution in [2.45, 2.75) is 19.9 Å². The molecule has 0 fully saturated rings. The molecule has 0 aromatic carbocycles. The molecule has 0 saturated heterocycles. The fourth-order valence-electron chi connectivity index (χ4n) is 0.863. The topological polar surface area (TPSA) is 95.9 Å². The molecule has 0 spiro atoms. The molecule has 0 aromatic heterocycles. The summed E-state index contributed by atoms with van der Waals surface area (Å²) in [4.78, 5) is 21.5. The second kappa shape index (κ2) is 9.65. The van der Waals surface area contributed by atoms with Crippen LogP contribution in [-0.4, -0.2) is 71.0 Å². The summed E-state index contributed by atoms with van der Waals surface area (Å²) >= 11 is 0. The number of carbonyl (C=O) groups excluding carboxylic acids is 1. The molecular weight excluding hydrogens is 225 g/mol. The number of nitrogens with one attached hydrogen (secondary N) is 1. The normalized spacial score (nSPS) is 12.3. The van der Waals surface area contributed by atoms with E-state index in [9.17, 15) is 9.59 Å². The van der Waals surface area contributed by atoms with Crippen molar-refractivity contribution in [2.75, 3.05) is 13.2 Å². The van der Waals surface area contributed by atoms with Crippen LogP contribution in [0.1, 0.15) is 13.8 Å². The fourth-order valence-corrected chi connectivity index (χ4v) is 0.863. The Balaban J connectivity index is 0. The molecule has 16 heavy (non-hydrogen) atoms. The van der Waals surface area contributed by atoms with Crippen LogP contribution in [0.3, 0.4) is 0 Å². The molecule has 0 aliphatic carbocycles. The van der Waals surface area contributed by atoms with Gasteiger partial charge in [0.1, 0.15) is 6.04 Å². The molecule has 1 atom stereocenters. The number of aliphatic carboxylic acids is 1. The first-order valence-corrected chi connectivity index (χ1v) is 4.46. The van der Waals surface area contributed by atoms with E-state index in [1.54, 1.807) is 6.92 Å². The fraction of sp³-hybridized carbons (Fsp3) is 0.556. The summed E-state index contributed by atoms with van der Waals surface area (Å²) < 4.78 is 4.62. The Bertz CT molecular complexity index is 267. The van der Waals surface area contributed by atoms with Gasteiger partial charge >= 0.3 is 41.5 Å². The minimum atomic E-state index is -1.19. The molecule has 0 heterocycles. The molecule has 3 N–H and O–H groups in total. The molecule has 0 rings (SSSR count). The van der Waals surface area contributed by atoms with E-state index in [1.165, 1.54) is 6.92 Å². The second-order valence-corrected chi connectivity index (χ2v) is 2.80. The number of aliphatic hydroxyl groups is 1. The van der Waals surface area contributed by atoms with Crippen molar-refractivity contribution in [3.63, 3.8) is 0 Å². The van der Waals surface area contributed by atoms with Gasteiger partial charge in [-0.05, 0) is 13.8 Å². The third-order valence-electron chi connectivity index (χ3n) is 1.50. The van der Waals surface area contributed by atoms with E-state index in [0.717, 1.165) is 6.08 Å². The zero-order valence-corrected chi connectivity index (χ0v) is 8.69.